The fraction of sp³-hybridized carbons (Fsp3) is 0.349. The van der Waals surface area contributed by atoms with Crippen molar-refractivity contribution < 1.29 is 72.4 Å². The monoisotopic (exact) mass is 841 g/mol. The molecule has 10 atom stereocenters. The average Bonchev–Trinajstić information content (AvgIpc) is 3.30. The predicted octanol–water partition coefficient (Wildman–Crippen LogP) is 3.79. The Morgan fingerprint density at radius 2 is 1.05 bits per heavy atom. The Labute approximate surface area is 349 Å². The number of benzene rings is 4. The van der Waals surface area contributed by atoms with Gasteiger partial charge in [-0.1, -0.05) is 77.9 Å². The van der Waals surface area contributed by atoms with Gasteiger partial charge in [0.25, 0.3) is 0 Å². The fourth-order valence-corrected chi connectivity index (χ4v) is 6.51. The van der Waals surface area contributed by atoms with Gasteiger partial charge in [0.15, 0.2) is 30.9 Å². The van der Waals surface area contributed by atoms with Gasteiger partial charge in [-0.05, 0) is 60.5 Å². The molecular weight excluding hydrogens is 798 g/mol. The second kappa shape index (κ2) is 21.9. The van der Waals surface area contributed by atoms with Gasteiger partial charge in [-0.3, -0.25) is 0 Å². The number of hydrogen-bond acceptors (Lipinski definition) is 16. The number of rotatable bonds is 17. The zero-order valence-electron chi connectivity index (χ0n) is 32.4. The summed E-state index contributed by atoms with van der Waals surface area (Å²) >= 11 is 0. The zero-order chi connectivity index (χ0) is 43.1. The van der Waals surface area contributed by atoms with Crippen molar-refractivity contribution in [3.05, 3.63) is 154 Å². The lowest BCUT2D eigenvalue weighted by Crippen LogP contribution is -2.66. The topological polar surface area (TPSA) is 252 Å². The van der Waals surface area contributed by atoms with Crippen molar-refractivity contribution in [3.63, 3.8) is 0 Å². The lowest BCUT2D eigenvalue weighted by molar-refractivity contribution is -0.357. The van der Waals surface area contributed by atoms with Crippen molar-refractivity contribution in [3.8, 4) is 0 Å². The van der Waals surface area contributed by atoms with Crippen LogP contribution in [0.2, 0.25) is 0 Å². The maximum Gasteiger partial charge on any atom is 0.338 e. The van der Waals surface area contributed by atoms with Crippen LogP contribution in [-0.2, 0) is 37.9 Å². The fourth-order valence-electron chi connectivity index (χ4n) is 6.51. The lowest BCUT2D eigenvalue weighted by atomic mass is 9.96. The van der Waals surface area contributed by atoms with Crippen molar-refractivity contribution in [2.24, 2.45) is 5.11 Å². The molecule has 0 bridgehead atoms. The van der Waals surface area contributed by atoms with Gasteiger partial charge >= 0.3 is 23.9 Å². The molecule has 0 spiro atoms. The summed E-state index contributed by atoms with van der Waals surface area (Å²) in [7, 11) is 0. The van der Waals surface area contributed by atoms with E-state index in [9.17, 15) is 34.5 Å². The molecule has 0 radical (unpaired) electrons. The Kier molecular flexibility index (Phi) is 15.9. The van der Waals surface area contributed by atoms with Gasteiger partial charge in [0, 0.05) is 11.5 Å². The molecule has 0 aliphatic carbocycles. The Bertz CT molecular complexity index is 2090. The van der Waals surface area contributed by atoms with E-state index < -0.39 is 98.5 Å². The molecule has 3 N–H and O–H groups in total. The van der Waals surface area contributed by atoms with Crippen LogP contribution in [0.1, 0.15) is 47.9 Å². The van der Waals surface area contributed by atoms with Crippen LogP contribution in [0.25, 0.3) is 10.4 Å². The first kappa shape index (κ1) is 44.3. The summed E-state index contributed by atoms with van der Waals surface area (Å²) in [5.74, 6) is -3.55. The third-order valence-corrected chi connectivity index (χ3v) is 9.60. The first-order valence-electron chi connectivity index (χ1n) is 19.2. The number of aliphatic hydroxyl groups is 3. The molecule has 6 rings (SSSR count). The molecule has 0 amide bonds. The summed E-state index contributed by atoms with van der Waals surface area (Å²) in [5, 5.41) is 35.9. The van der Waals surface area contributed by atoms with Crippen LogP contribution in [0.5, 0.6) is 0 Å². The van der Waals surface area contributed by atoms with Crippen LogP contribution >= 0.6 is 0 Å². The van der Waals surface area contributed by atoms with Crippen LogP contribution in [0.4, 0.5) is 0 Å². The van der Waals surface area contributed by atoms with Gasteiger partial charge in [0.1, 0.15) is 37.1 Å². The van der Waals surface area contributed by atoms with E-state index in [0.29, 0.717) is 0 Å². The molecule has 2 aliphatic rings. The predicted molar refractivity (Wildman–Crippen MR) is 210 cm³/mol. The van der Waals surface area contributed by atoms with E-state index >= 15 is 0 Å². The molecule has 4 aromatic rings. The number of aliphatic hydroxyl groups excluding tert-OH is 3. The van der Waals surface area contributed by atoms with E-state index in [1.807, 2.05) is 0 Å². The molecular formula is C43H43N3O15. The summed E-state index contributed by atoms with van der Waals surface area (Å²) in [6.45, 7) is -1.55. The summed E-state index contributed by atoms with van der Waals surface area (Å²) < 4.78 is 48.4. The minimum absolute atomic E-state index is 0.0241. The molecule has 320 valence electrons. The number of carbonyl (C=O) groups is 4. The van der Waals surface area contributed by atoms with Gasteiger partial charge in [-0.2, -0.15) is 0 Å². The second-order valence-electron chi connectivity index (χ2n) is 13.7. The molecule has 2 saturated heterocycles. The van der Waals surface area contributed by atoms with Crippen molar-refractivity contribution in [2.75, 3.05) is 26.4 Å². The first-order chi connectivity index (χ1) is 29.7. The Balaban J connectivity index is 1.43. The third kappa shape index (κ3) is 11.5. The maximum absolute atomic E-state index is 14.0. The average molecular weight is 842 g/mol. The van der Waals surface area contributed by atoms with Crippen LogP contribution in [0, 0.1) is 0 Å². The number of hydrogen-bond donors (Lipinski definition) is 3. The van der Waals surface area contributed by atoms with E-state index in [1.165, 1.54) is 48.5 Å². The summed E-state index contributed by atoms with van der Waals surface area (Å²) in [4.78, 5) is 57.2. The van der Waals surface area contributed by atoms with E-state index in [1.54, 1.807) is 72.8 Å². The molecule has 2 fully saturated rings. The molecule has 4 aromatic carbocycles. The third-order valence-electron chi connectivity index (χ3n) is 9.60. The van der Waals surface area contributed by atoms with Crippen LogP contribution in [0.3, 0.4) is 0 Å². The Morgan fingerprint density at radius 1 is 0.590 bits per heavy atom. The first-order valence-corrected chi connectivity index (χ1v) is 19.2. The maximum atomic E-state index is 14.0. The quantitative estimate of drug-likeness (QED) is 0.0342. The van der Waals surface area contributed by atoms with Gasteiger partial charge < -0.3 is 53.2 Å². The van der Waals surface area contributed by atoms with E-state index in [-0.39, 0.29) is 41.8 Å². The van der Waals surface area contributed by atoms with Crippen molar-refractivity contribution in [2.45, 2.75) is 67.8 Å². The largest absolute Gasteiger partial charge is 0.459 e. The molecule has 18 nitrogen and oxygen atoms in total. The van der Waals surface area contributed by atoms with Crippen LogP contribution in [0.15, 0.2) is 126 Å². The van der Waals surface area contributed by atoms with Gasteiger partial charge in [-0.15, -0.1) is 0 Å². The van der Waals surface area contributed by atoms with Crippen molar-refractivity contribution in [1.29, 1.82) is 0 Å². The molecule has 18 heteroatoms. The number of carbonyl (C=O) groups excluding carboxylic acids is 4. The standard InChI is InChI=1S/C43H43N3O15/c44-46-45-22-13-23-54-42-37(60-41(53)29-20-11-4-12-21-29)36(59-40(52)28-18-9-3-10-19-28)34(31(57-42)25-55-38(50)26-14-5-1-6-15-26)61-43-35(33(49)32(48)30(24-47)56-43)58-39(51)27-16-7-2-8-17-27/h1-12,14-21,30-37,42-43,47-49H,13,22-25H2/t30-,31-,32-,33+,34-,35-,36+,37-,42-,43+/m1/s1. The summed E-state index contributed by atoms with van der Waals surface area (Å²) in [5.41, 5.74) is 9.22. The minimum atomic E-state index is -1.91. The van der Waals surface area contributed by atoms with Gasteiger partial charge in [-0.25, -0.2) is 19.2 Å². The molecule has 0 aromatic heterocycles. The summed E-state index contributed by atoms with van der Waals surface area (Å²) in [6.07, 6.45) is -16.8. The second-order valence-corrected chi connectivity index (χ2v) is 13.7. The van der Waals surface area contributed by atoms with Crippen LogP contribution in [-0.4, -0.2) is 127 Å². The smallest absolute Gasteiger partial charge is 0.338 e. The highest BCUT2D eigenvalue weighted by Gasteiger charge is 2.56. The molecule has 2 heterocycles. The zero-order valence-corrected chi connectivity index (χ0v) is 32.4. The Morgan fingerprint density at radius 3 is 1.54 bits per heavy atom. The molecule has 61 heavy (non-hydrogen) atoms. The van der Waals surface area contributed by atoms with Gasteiger partial charge in [0.05, 0.1) is 35.5 Å². The van der Waals surface area contributed by atoms with Crippen LogP contribution < -0.4 is 0 Å². The number of ether oxygens (including phenoxy) is 8. The van der Waals surface area contributed by atoms with E-state index in [0.717, 1.165) is 0 Å². The molecule has 0 unspecified atom stereocenters. The molecule has 0 saturated carbocycles. The van der Waals surface area contributed by atoms with Crippen molar-refractivity contribution in [1.82, 2.24) is 0 Å². The minimum Gasteiger partial charge on any atom is -0.459 e. The number of nitrogens with zero attached hydrogens (tertiary/aromatic N) is 3. The lowest BCUT2D eigenvalue weighted by Gasteiger charge is -2.48. The van der Waals surface area contributed by atoms with E-state index in [4.69, 9.17) is 43.4 Å². The Hall–Kier alpha value is -6.21. The SMILES string of the molecule is [N-]=[N+]=NCCCO[C@@H]1O[C@H](COC(=O)c2ccccc2)[C@@H](O[C@@H]2O[C@H](CO)[C@@H](O)[C@H](O)[C@H]2OC(=O)c2ccccc2)[C@H](OC(=O)c2ccccc2)[C@H]1OC(=O)c1ccccc1. The number of esters is 4. The highest BCUT2D eigenvalue weighted by molar-refractivity contribution is 5.91. The highest BCUT2D eigenvalue weighted by Crippen LogP contribution is 2.35. The molecule has 2 aliphatic heterocycles. The van der Waals surface area contributed by atoms with E-state index in [2.05, 4.69) is 10.0 Å². The summed E-state index contributed by atoms with van der Waals surface area (Å²) in [6, 6.07) is 31.3. The van der Waals surface area contributed by atoms with Gasteiger partial charge in [0.2, 0.25) is 0 Å². The van der Waals surface area contributed by atoms with Crippen molar-refractivity contribution >= 4 is 23.9 Å². The number of azide groups is 1. The normalized spacial score (nSPS) is 25.9. The highest BCUT2D eigenvalue weighted by atomic mass is 16.8.